The van der Waals surface area contributed by atoms with Crippen molar-refractivity contribution in [2.45, 2.75) is 0 Å². The summed E-state index contributed by atoms with van der Waals surface area (Å²) in [6.45, 7) is 0. The van der Waals surface area contributed by atoms with E-state index in [4.69, 9.17) is 4.74 Å². The highest BCUT2D eigenvalue weighted by molar-refractivity contribution is 5.97. The van der Waals surface area contributed by atoms with Gasteiger partial charge in [0.15, 0.2) is 0 Å². The lowest BCUT2D eigenvalue weighted by molar-refractivity contribution is 0.415. The van der Waals surface area contributed by atoms with Crippen LogP contribution < -0.4 is 4.74 Å². The molecule has 3 heteroatoms. The van der Waals surface area contributed by atoms with E-state index in [1.807, 2.05) is 48.5 Å². The van der Waals surface area contributed by atoms with Crippen LogP contribution in [0.25, 0.3) is 22.0 Å². The van der Waals surface area contributed by atoms with Crippen LogP contribution in [0.15, 0.2) is 54.7 Å². The monoisotopic (exact) mass is 260 g/mol. The first-order valence-electron chi connectivity index (χ1n) is 6.26. The Bertz CT molecular complexity index is 804. The van der Waals surface area contributed by atoms with Crippen molar-refractivity contribution in [3.8, 4) is 22.9 Å². The predicted molar refractivity (Wildman–Crippen MR) is 78.4 cm³/mol. The number of hydrogen-bond donors (Lipinski definition) is 0. The number of nitrogens with zero attached hydrogens (tertiary/aromatic N) is 2. The summed E-state index contributed by atoms with van der Waals surface area (Å²) in [7, 11) is 1.63. The summed E-state index contributed by atoms with van der Waals surface area (Å²) in [5.41, 5.74) is 3.32. The van der Waals surface area contributed by atoms with Gasteiger partial charge < -0.3 is 4.74 Å². The van der Waals surface area contributed by atoms with Gasteiger partial charge in [0.05, 0.1) is 18.2 Å². The van der Waals surface area contributed by atoms with E-state index in [0.717, 1.165) is 27.8 Å². The van der Waals surface area contributed by atoms with Crippen molar-refractivity contribution in [1.29, 1.82) is 5.26 Å². The minimum absolute atomic E-state index is 0.567. The molecule has 0 aliphatic heterocycles. The minimum Gasteiger partial charge on any atom is -0.497 e. The molecular formula is C17H12N2O. The Morgan fingerprint density at radius 1 is 1.10 bits per heavy atom. The fourth-order valence-corrected chi connectivity index (χ4v) is 2.30. The molecule has 0 bridgehead atoms. The van der Waals surface area contributed by atoms with Gasteiger partial charge in [-0.3, -0.25) is 4.98 Å². The van der Waals surface area contributed by atoms with Crippen molar-refractivity contribution in [2.24, 2.45) is 0 Å². The van der Waals surface area contributed by atoms with Crippen LogP contribution in [0.3, 0.4) is 0 Å². The van der Waals surface area contributed by atoms with Gasteiger partial charge in [0.2, 0.25) is 0 Å². The number of methoxy groups -OCH3 is 1. The Hall–Kier alpha value is -2.86. The van der Waals surface area contributed by atoms with Crippen molar-refractivity contribution in [2.75, 3.05) is 7.11 Å². The molecule has 3 rings (SSSR count). The molecule has 0 aliphatic rings. The number of ether oxygens (including phenoxy) is 1. The molecule has 0 fully saturated rings. The van der Waals surface area contributed by atoms with Crippen molar-refractivity contribution in [1.82, 2.24) is 4.98 Å². The molecule has 0 saturated heterocycles. The zero-order valence-electron chi connectivity index (χ0n) is 11.0. The summed E-state index contributed by atoms with van der Waals surface area (Å²) < 4.78 is 5.28. The fraction of sp³-hybridized carbons (Fsp3) is 0.0588. The molecule has 0 radical (unpaired) electrons. The minimum atomic E-state index is 0.567. The highest BCUT2D eigenvalue weighted by Gasteiger charge is 2.11. The quantitative estimate of drug-likeness (QED) is 0.704. The fourth-order valence-electron chi connectivity index (χ4n) is 2.30. The molecule has 3 nitrogen and oxygen atoms in total. The lowest BCUT2D eigenvalue weighted by Gasteiger charge is -2.10. The molecule has 0 N–H and O–H groups in total. The van der Waals surface area contributed by atoms with Crippen LogP contribution in [0.5, 0.6) is 5.75 Å². The number of pyridine rings is 1. The first-order valence-corrected chi connectivity index (χ1v) is 6.26. The van der Waals surface area contributed by atoms with Gasteiger partial charge in [0.25, 0.3) is 0 Å². The molecule has 0 unspecified atom stereocenters. The molecule has 0 amide bonds. The van der Waals surface area contributed by atoms with Crippen LogP contribution in [-0.4, -0.2) is 12.1 Å². The van der Waals surface area contributed by atoms with Gasteiger partial charge in [0, 0.05) is 17.1 Å². The summed E-state index contributed by atoms with van der Waals surface area (Å²) in [4.78, 5) is 4.34. The third-order valence-electron chi connectivity index (χ3n) is 3.26. The third kappa shape index (κ3) is 1.98. The van der Waals surface area contributed by atoms with E-state index in [1.54, 1.807) is 13.3 Å². The smallest absolute Gasteiger partial charge is 0.119 e. The normalized spacial score (nSPS) is 10.2. The van der Waals surface area contributed by atoms with Crippen molar-refractivity contribution >= 4 is 10.9 Å². The number of nitriles is 1. The topological polar surface area (TPSA) is 45.9 Å². The standard InChI is InChI=1S/C17H12N2O/c1-20-14-7-8-16-15(9-14)17(13(10-18)11-19-16)12-5-3-2-4-6-12/h2-9,11H,1H3. The van der Waals surface area contributed by atoms with E-state index in [-0.39, 0.29) is 0 Å². The van der Waals surface area contributed by atoms with E-state index >= 15 is 0 Å². The molecule has 0 atom stereocenters. The van der Waals surface area contributed by atoms with Gasteiger partial charge in [-0.25, -0.2) is 0 Å². The molecule has 20 heavy (non-hydrogen) atoms. The van der Waals surface area contributed by atoms with Gasteiger partial charge in [0.1, 0.15) is 11.8 Å². The van der Waals surface area contributed by atoms with E-state index in [9.17, 15) is 5.26 Å². The summed E-state index contributed by atoms with van der Waals surface area (Å²) in [6, 6.07) is 17.8. The van der Waals surface area contributed by atoms with Crippen LogP contribution in [0, 0.1) is 11.3 Å². The maximum absolute atomic E-state index is 9.34. The first kappa shape index (κ1) is 12.2. The van der Waals surface area contributed by atoms with Crippen LogP contribution >= 0.6 is 0 Å². The third-order valence-corrected chi connectivity index (χ3v) is 3.26. The highest BCUT2D eigenvalue weighted by Crippen LogP contribution is 2.32. The van der Waals surface area contributed by atoms with Gasteiger partial charge >= 0.3 is 0 Å². The lowest BCUT2D eigenvalue weighted by Crippen LogP contribution is -1.91. The molecule has 0 spiro atoms. The largest absolute Gasteiger partial charge is 0.497 e. The number of fused-ring (bicyclic) bond motifs is 1. The predicted octanol–water partition coefficient (Wildman–Crippen LogP) is 3.78. The second kappa shape index (κ2) is 5.02. The van der Waals surface area contributed by atoms with Gasteiger partial charge in [-0.2, -0.15) is 5.26 Å². The second-order valence-corrected chi connectivity index (χ2v) is 4.41. The number of benzene rings is 2. The van der Waals surface area contributed by atoms with E-state index in [1.165, 1.54) is 0 Å². The zero-order valence-corrected chi connectivity index (χ0v) is 11.0. The molecule has 3 aromatic rings. The summed E-state index contributed by atoms with van der Waals surface area (Å²) >= 11 is 0. The number of hydrogen-bond acceptors (Lipinski definition) is 3. The van der Waals surface area contributed by atoms with E-state index in [2.05, 4.69) is 11.1 Å². The Balaban J connectivity index is 2.40. The van der Waals surface area contributed by atoms with Crippen LogP contribution in [0.2, 0.25) is 0 Å². The maximum Gasteiger partial charge on any atom is 0.119 e. The van der Waals surface area contributed by atoms with Crippen LogP contribution in [0.1, 0.15) is 5.56 Å². The Morgan fingerprint density at radius 2 is 1.90 bits per heavy atom. The van der Waals surface area contributed by atoms with Gasteiger partial charge in [-0.05, 0) is 23.8 Å². The molecule has 0 aliphatic carbocycles. The Kier molecular flexibility index (Phi) is 3.06. The van der Waals surface area contributed by atoms with Crippen LogP contribution in [-0.2, 0) is 0 Å². The van der Waals surface area contributed by atoms with Crippen molar-refractivity contribution in [3.05, 3.63) is 60.3 Å². The zero-order chi connectivity index (χ0) is 13.9. The highest BCUT2D eigenvalue weighted by atomic mass is 16.5. The number of aromatic nitrogens is 1. The second-order valence-electron chi connectivity index (χ2n) is 4.41. The summed E-state index contributed by atoms with van der Waals surface area (Å²) in [6.07, 6.45) is 1.62. The van der Waals surface area contributed by atoms with Crippen molar-refractivity contribution < 1.29 is 4.74 Å². The molecule has 0 saturated carbocycles. The Labute approximate surface area is 117 Å². The van der Waals surface area contributed by atoms with E-state index < -0.39 is 0 Å². The average molecular weight is 260 g/mol. The Morgan fingerprint density at radius 3 is 2.60 bits per heavy atom. The lowest BCUT2D eigenvalue weighted by atomic mass is 9.97. The summed E-state index contributed by atoms with van der Waals surface area (Å²) in [5, 5.41) is 10.3. The average Bonchev–Trinajstić information content (AvgIpc) is 2.53. The maximum atomic E-state index is 9.34. The number of rotatable bonds is 2. The summed E-state index contributed by atoms with van der Waals surface area (Å²) in [5.74, 6) is 0.756. The first-order chi connectivity index (χ1) is 9.83. The van der Waals surface area contributed by atoms with Gasteiger partial charge in [-0.15, -0.1) is 0 Å². The molecule has 96 valence electrons. The molecular weight excluding hydrogens is 248 g/mol. The SMILES string of the molecule is COc1ccc2ncc(C#N)c(-c3ccccc3)c2c1. The molecule has 1 aromatic heterocycles. The van der Waals surface area contributed by atoms with Gasteiger partial charge in [-0.1, -0.05) is 30.3 Å². The molecule has 1 heterocycles. The van der Waals surface area contributed by atoms with E-state index in [0.29, 0.717) is 5.56 Å². The molecule has 2 aromatic carbocycles. The van der Waals surface area contributed by atoms with Crippen molar-refractivity contribution in [3.63, 3.8) is 0 Å². The van der Waals surface area contributed by atoms with Crippen LogP contribution in [0.4, 0.5) is 0 Å².